The summed E-state index contributed by atoms with van der Waals surface area (Å²) in [5.41, 5.74) is 3.85. The Morgan fingerprint density at radius 3 is 2.25 bits per heavy atom. The van der Waals surface area contributed by atoms with Crippen LogP contribution in [0.4, 0.5) is 21.9 Å². The number of aromatic nitrogens is 1. The largest absolute Gasteiger partial charge is 0.323 e. The lowest BCUT2D eigenvalue weighted by molar-refractivity contribution is 0.262. The summed E-state index contributed by atoms with van der Waals surface area (Å²) in [5, 5.41) is 6.22. The van der Waals surface area contributed by atoms with E-state index in [4.69, 9.17) is 4.98 Å². The second-order valence-corrected chi connectivity index (χ2v) is 10.8. The summed E-state index contributed by atoms with van der Waals surface area (Å²) in [5.74, 6) is 0. The van der Waals surface area contributed by atoms with Crippen molar-refractivity contribution in [1.82, 2.24) is 4.98 Å². The summed E-state index contributed by atoms with van der Waals surface area (Å²) in [6, 6.07) is 28.0. The molecule has 0 saturated carbocycles. The Morgan fingerprint density at radius 2 is 1.50 bits per heavy atom. The molecule has 0 bridgehead atoms. The fourth-order valence-corrected chi connectivity index (χ4v) is 5.69. The monoisotopic (exact) mass is 514 g/mol. The third kappa shape index (κ3) is 5.22. The van der Waals surface area contributed by atoms with Crippen LogP contribution in [0, 0.1) is 6.92 Å². The molecule has 2 amide bonds. The lowest BCUT2D eigenvalue weighted by atomic mass is 10.1. The van der Waals surface area contributed by atoms with Gasteiger partial charge in [-0.25, -0.2) is 18.2 Å². The first-order valence-electron chi connectivity index (χ1n) is 11.1. The van der Waals surface area contributed by atoms with Crippen LogP contribution in [0.25, 0.3) is 20.8 Å². The van der Waals surface area contributed by atoms with Gasteiger partial charge in [-0.15, -0.1) is 11.3 Å². The molecule has 0 fully saturated rings. The standard InChI is InChI=1S/C27H22N4O3S2/c1-18-11-14-21(15-12-18)36(33,34)31-23-16-13-20(29-27(32)28-19-7-3-2-4-8-19)17-22(23)26-30-24-9-5-6-10-25(24)35-26/h2-17,31H,1H3,(H2,28,29,32). The number of benzene rings is 4. The Hall–Kier alpha value is -4.21. The van der Waals surface area contributed by atoms with Crippen molar-refractivity contribution in [1.29, 1.82) is 0 Å². The number of urea groups is 1. The number of fused-ring (bicyclic) bond motifs is 1. The minimum atomic E-state index is -3.84. The fourth-order valence-electron chi connectivity index (χ4n) is 3.61. The van der Waals surface area contributed by atoms with Gasteiger partial charge in [0.1, 0.15) is 5.01 Å². The normalized spacial score (nSPS) is 11.2. The number of anilines is 3. The maximum atomic E-state index is 13.1. The van der Waals surface area contributed by atoms with E-state index in [0.717, 1.165) is 15.8 Å². The zero-order valence-corrected chi connectivity index (χ0v) is 20.9. The molecule has 180 valence electrons. The van der Waals surface area contributed by atoms with Gasteiger partial charge in [0.2, 0.25) is 0 Å². The highest BCUT2D eigenvalue weighted by atomic mass is 32.2. The highest BCUT2D eigenvalue weighted by Gasteiger charge is 2.19. The molecule has 7 nitrogen and oxygen atoms in total. The van der Waals surface area contributed by atoms with Crippen LogP contribution in [0.15, 0.2) is 102 Å². The number of sulfonamides is 1. The van der Waals surface area contributed by atoms with Crippen molar-refractivity contribution >= 4 is 54.7 Å². The molecule has 36 heavy (non-hydrogen) atoms. The van der Waals surface area contributed by atoms with Crippen LogP contribution in [-0.4, -0.2) is 19.4 Å². The van der Waals surface area contributed by atoms with Gasteiger partial charge >= 0.3 is 6.03 Å². The topological polar surface area (TPSA) is 100 Å². The van der Waals surface area contributed by atoms with Crippen molar-refractivity contribution < 1.29 is 13.2 Å². The maximum absolute atomic E-state index is 13.1. The average molecular weight is 515 g/mol. The summed E-state index contributed by atoms with van der Waals surface area (Å²) in [4.78, 5) is 17.4. The maximum Gasteiger partial charge on any atom is 0.323 e. The molecule has 1 aromatic heterocycles. The third-order valence-electron chi connectivity index (χ3n) is 5.41. The predicted molar refractivity (Wildman–Crippen MR) is 146 cm³/mol. The van der Waals surface area contributed by atoms with Crippen molar-refractivity contribution in [2.75, 3.05) is 15.4 Å². The Labute approximate surface area is 212 Å². The van der Waals surface area contributed by atoms with Crippen LogP contribution in [0.5, 0.6) is 0 Å². The number of para-hydroxylation sites is 2. The second kappa shape index (κ2) is 9.80. The van der Waals surface area contributed by atoms with Crippen LogP contribution < -0.4 is 15.4 Å². The van der Waals surface area contributed by atoms with Crippen LogP contribution in [0.3, 0.4) is 0 Å². The van der Waals surface area contributed by atoms with Gasteiger partial charge in [-0.3, -0.25) is 4.72 Å². The van der Waals surface area contributed by atoms with Gasteiger partial charge in [-0.1, -0.05) is 48.0 Å². The second-order valence-electron chi connectivity index (χ2n) is 8.11. The van der Waals surface area contributed by atoms with Crippen LogP contribution in [0.1, 0.15) is 5.56 Å². The molecule has 0 aliphatic heterocycles. The van der Waals surface area contributed by atoms with Crippen molar-refractivity contribution in [2.45, 2.75) is 11.8 Å². The van der Waals surface area contributed by atoms with E-state index < -0.39 is 16.1 Å². The number of nitrogens with zero attached hydrogens (tertiary/aromatic N) is 1. The lowest BCUT2D eigenvalue weighted by Crippen LogP contribution is -2.19. The summed E-state index contributed by atoms with van der Waals surface area (Å²) in [7, 11) is -3.84. The van der Waals surface area contributed by atoms with E-state index in [0.29, 0.717) is 27.6 Å². The molecular weight excluding hydrogens is 492 g/mol. The minimum absolute atomic E-state index is 0.160. The van der Waals surface area contributed by atoms with Crippen LogP contribution in [-0.2, 0) is 10.0 Å². The molecule has 5 aromatic rings. The highest BCUT2D eigenvalue weighted by Crippen LogP contribution is 2.37. The number of rotatable bonds is 6. The first-order chi connectivity index (χ1) is 17.4. The first-order valence-corrected chi connectivity index (χ1v) is 13.4. The number of hydrogen-bond acceptors (Lipinski definition) is 5. The Bertz CT molecular complexity index is 1620. The lowest BCUT2D eigenvalue weighted by Gasteiger charge is -2.14. The number of nitrogens with one attached hydrogen (secondary N) is 3. The summed E-state index contributed by atoms with van der Waals surface area (Å²) in [6.45, 7) is 1.90. The molecule has 0 atom stereocenters. The SMILES string of the molecule is Cc1ccc(S(=O)(=O)Nc2ccc(NC(=O)Nc3ccccc3)cc2-c2nc3ccccc3s2)cc1. The van der Waals surface area contributed by atoms with Gasteiger partial charge in [0.15, 0.2) is 0 Å². The Morgan fingerprint density at radius 1 is 0.806 bits per heavy atom. The Balaban J connectivity index is 1.50. The molecule has 0 unspecified atom stereocenters. The van der Waals surface area contributed by atoms with E-state index in [1.807, 2.05) is 49.4 Å². The van der Waals surface area contributed by atoms with Gasteiger partial charge in [0.05, 0.1) is 20.8 Å². The number of hydrogen-bond donors (Lipinski definition) is 3. The molecule has 0 aliphatic carbocycles. The smallest absolute Gasteiger partial charge is 0.308 e. The van der Waals surface area contributed by atoms with E-state index in [1.165, 1.54) is 11.3 Å². The number of carbonyl (C=O) groups excluding carboxylic acids is 1. The third-order valence-corrected chi connectivity index (χ3v) is 7.86. The summed E-state index contributed by atoms with van der Waals surface area (Å²) < 4.78 is 29.9. The van der Waals surface area contributed by atoms with E-state index in [1.54, 1.807) is 54.6 Å². The number of carbonyl (C=O) groups is 1. The number of amides is 2. The number of aryl methyl sites for hydroxylation is 1. The van der Waals surface area contributed by atoms with Crippen molar-refractivity contribution in [3.05, 3.63) is 103 Å². The fraction of sp³-hybridized carbons (Fsp3) is 0.0370. The molecule has 5 rings (SSSR count). The van der Waals surface area contributed by atoms with Crippen LogP contribution in [0.2, 0.25) is 0 Å². The molecule has 0 aliphatic rings. The molecule has 0 radical (unpaired) electrons. The van der Waals surface area contributed by atoms with Gasteiger partial charge in [0.25, 0.3) is 10.0 Å². The molecule has 4 aromatic carbocycles. The molecule has 3 N–H and O–H groups in total. The van der Waals surface area contributed by atoms with Gasteiger partial charge in [-0.2, -0.15) is 0 Å². The minimum Gasteiger partial charge on any atom is -0.308 e. The molecule has 9 heteroatoms. The van der Waals surface area contributed by atoms with Gasteiger partial charge < -0.3 is 10.6 Å². The van der Waals surface area contributed by atoms with Crippen molar-refractivity contribution in [2.24, 2.45) is 0 Å². The molecule has 1 heterocycles. The van der Waals surface area contributed by atoms with E-state index in [2.05, 4.69) is 15.4 Å². The average Bonchev–Trinajstić information content (AvgIpc) is 3.30. The molecule has 0 spiro atoms. The summed E-state index contributed by atoms with van der Waals surface area (Å²) in [6.07, 6.45) is 0. The number of thiazole rings is 1. The Kier molecular flexibility index (Phi) is 6.41. The zero-order chi connectivity index (χ0) is 25.1. The van der Waals surface area contributed by atoms with Crippen molar-refractivity contribution in [3.63, 3.8) is 0 Å². The summed E-state index contributed by atoms with van der Waals surface area (Å²) >= 11 is 1.44. The van der Waals surface area contributed by atoms with E-state index in [-0.39, 0.29) is 4.90 Å². The van der Waals surface area contributed by atoms with Crippen LogP contribution >= 0.6 is 11.3 Å². The van der Waals surface area contributed by atoms with Crippen molar-refractivity contribution in [3.8, 4) is 10.6 Å². The zero-order valence-electron chi connectivity index (χ0n) is 19.2. The molecular formula is C27H22N4O3S2. The highest BCUT2D eigenvalue weighted by molar-refractivity contribution is 7.92. The first kappa shape index (κ1) is 23.5. The van der Waals surface area contributed by atoms with E-state index in [9.17, 15) is 13.2 Å². The van der Waals surface area contributed by atoms with Gasteiger partial charge in [-0.05, 0) is 61.5 Å². The molecule has 0 saturated heterocycles. The van der Waals surface area contributed by atoms with Gasteiger partial charge in [0, 0.05) is 16.9 Å². The van der Waals surface area contributed by atoms with E-state index >= 15 is 0 Å². The predicted octanol–water partition coefficient (Wildman–Crippen LogP) is 6.72. The quantitative estimate of drug-likeness (QED) is 0.234.